The van der Waals surface area contributed by atoms with Crippen LogP contribution in [0.4, 0.5) is 4.79 Å². The van der Waals surface area contributed by atoms with E-state index in [0.29, 0.717) is 11.3 Å². The summed E-state index contributed by atoms with van der Waals surface area (Å²) in [6.45, 7) is 7.85. The predicted molar refractivity (Wildman–Crippen MR) is 69.4 cm³/mol. The number of aromatic nitrogens is 3. The van der Waals surface area contributed by atoms with Crippen LogP contribution in [0.2, 0.25) is 5.28 Å². The number of rotatable bonds is 0. The van der Waals surface area contributed by atoms with Crippen LogP contribution in [0.25, 0.3) is 11.0 Å². The Hall–Kier alpha value is -1.62. The molecule has 6 heteroatoms. The van der Waals surface area contributed by atoms with Gasteiger partial charge >= 0.3 is 6.09 Å². The van der Waals surface area contributed by atoms with Crippen molar-refractivity contribution in [1.82, 2.24) is 14.5 Å². The minimum absolute atomic E-state index is 0.0565. The fourth-order valence-electron chi connectivity index (χ4n) is 1.98. The van der Waals surface area contributed by atoms with Crippen molar-refractivity contribution in [3.05, 3.63) is 22.7 Å². The Balaban J connectivity index is 2.94. The quantitative estimate of drug-likeness (QED) is 0.744. The van der Waals surface area contributed by atoms with Gasteiger partial charge in [0.25, 0.3) is 0 Å². The Kier molecular flexibility index (Phi) is 2.81. The number of halogens is 1. The van der Waals surface area contributed by atoms with Crippen molar-refractivity contribution in [3.63, 3.8) is 0 Å². The number of hydrogen-bond donors (Lipinski definition) is 1. The molecular formula is C12H14ClN3O2. The molecule has 2 heterocycles. The highest BCUT2D eigenvalue weighted by Crippen LogP contribution is 2.32. The van der Waals surface area contributed by atoms with Gasteiger partial charge in [-0.3, -0.25) is 0 Å². The fourth-order valence-corrected chi connectivity index (χ4v) is 2.19. The van der Waals surface area contributed by atoms with Gasteiger partial charge < -0.3 is 5.11 Å². The van der Waals surface area contributed by atoms with E-state index in [-0.39, 0.29) is 10.7 Å². The highest BCUT2D eigenvalue weighted by atomic mass is 35.5. The van der Waals surface area contributed by atoms with Crippen LogP contribution in [-0.4, -0.2) is 25.7 Å². The van der Waals surface area contributed by atoms with Crippen LogP contribution >= 0.6 is 11.6 Å². The summed E-state index contributed by atoms with van der Waals surface area (Å²) < 4.78 is 1.09. The van der Waals surface area contributed by atoms with E-state index >= 15 is 0 Å². The Labute approximate surface area is 109 Å². The number of nitrogens with zero attached hydrogens (tertiary/aromatic N) is 3. The summed E-state index contributed by atoms with van der Waals surface area (Å²) >= 11 is 5.80. The highest BCUT2D eigenvalue weighted by Gasteiger charge is 2.25. The molecule has 0 fully saturated rings. The predicted octanol–water partition coefficient (Wildman–Crippen LogP) is 3.22. The summed E-state index contributed by atoms with van der Waals surface area (Å²) in [5.74, 6) is 0. The fraction of sp³-hybridized carbons (Fsp3) is 0.417. The van der Waals surface area contributed by atoms with E-state index < -0.39 is 6.09 Å². The summed E-state index contributed by atoms with van der Waals surface area (Å²) in [7, 11) is 0. The molecule has 18 heavy (non-hydrogen) atoms. The van der Waals surface area contributed by atoms with Crippen LogP contribution in [-0.2, 0) is 5.41 Å². The van der Waals surface area contributed by atoms with Gasteiger partial charge in [0, 0.05) is 11.6 Å². The molecule has 0 aliphatic rings. The molecule has 0 aliphatic heterocycles. The van der Waals surface area contributed by atoms with Crippen LogP contribution in [0.5, 0.6) is 0 Å². The van der Waals surface area contributed by atoms with E-state index in [1.54, 1.807) is 13.1 Å². The molecule has 0 amide bonds. The second-order valence-electron chi connectivity index (χ2n) is 5.22. The molecule has 2 aromatic rings. The van der Waals surface area contributed by atoms with Gasteiger partial charge in [0.05, 0.1) is 5.69 Å². The lowest BCUT2D eigenvalue weighted by Gasteiger charge is -2.17. The Bertz CT molecular complexity index is 641. The van der Waals surface area contributed by atoms with Crippen molar-refractivity contribution in [2.45, 2.75) is 33.1 Å². The summed E-state index contributed by atoms with van der Waals surface area (Å²) in [4.78, 5) is 19.4. The molecule has 1 N–H and O–H groups in total. The molecule has 96 valence electrons. The van der Waals surface area contributed by atoms with Crippen LogP contribution in [0, 0.1) is 6.92 Å². The second-order valence-corrected chi connectivity index (χ2v) is 5.56. The summed E-state index contributed by atoms with van der Waals surface area (Å²) in [5.41, 5.74) is 1.73. The zero-order valence-corrected chi connectivity index (χ0v) is 11.4. The molecule has 0 saturated carbocycles. The smallest absolute Gasteiger partial charge is 0.417 e. The van der Waals surface area contributed by atoms with Gasteiger partial charge in [-0.2, -0.15) is 4.98 Å². The molecular weight excluding hydrogens is 254 g/mol. The molecule has 0 aliphatic carbocycles. The van der Waals surface area contributed by atoms with E-state index in [9.17, 15) is 9.90 Å². The van der Waals surface area contributed by atoms with E-state index in [0.717, 1.165) is 15.5 Å². The first-order valence-electron chi connectivity index (χ1n) is 5.51. The lowest BCUT2D eigenvalue weighted by atomic mass is 9.87. The number of aryl methyl sites for hydroxylation is 1. The molecule has 2 aromatic heterocycles. The first kappa shape index (κ1) is 12.8. The third kappa shape index (κ3) is 1.95. The van der Waals surface area contributed by atoms with E-state index in [4.69, 9.17) is 11.6 Å². The lowest BCUT2D eigenvalue weighted by Crippen LogP contribution is -2.11. The molecule has 2 rings (SSSR count). The average Bonchev–Trinajstić information content (AvgIpc) is 2.56. The van der Waals surface area contributed by atoms with Crippen molar-refractivity contribution < 1.29 is 9.90 Å². The number of hydrogen-bond acceptors (Lipinski definition) is 3. The molecule has 0 atom stereocenters. The van der Waals surface area contributed by atoms with Crippen molar-refractivity contribution >= 4 is 28.7 Å². The minimum Gasteiger partial charge on any atom is -0.464 e. The van der Waals surface area contributed by atoms with Gasteiger partial charge in [-0.15, -0.1) is 0 Å². The third-order valence-electron chi connectivity index (χ3n) is 2.81. The molecule has 0 unspecified atom stereocenters. The van der Waals surface area contributed by atoms with E-state index in [1.807, 2.05) is 20.8 Å². The minimum atomic E-state index is -1.08. The first-order chi connectivity index (χ1) is 8.21. The van der Waals surface area contributed by atoms with E-state index in [1.165, 1.54) is 0 Å². The largest absolute Gasteiger partial charge is 0.464 e. The van der Waals surface area contributed by atoms with Crippen LogP contribution in [0.3, 0.4) is 0 Å². The molecule has 0 bridgehead atoms. The molecule has 0 saturated heterocycles. The van der Waals surface area contributed by atoms with Gasteiger partial charge in [-0.05, 0) is 29.5 Å². The topological polar surface area (TPSA) is 68.0 Å². The maximum absolute atomic E-state index is 11.2. The van der Waals surface area contributed by atoms with Gasteiger partial charge in [-0.25, -0.2) is 14.3 Å². The van der Waals surface area contributed by atoms with Gasteiger partial charge in [-0.1, -0.05) is 20.8 Å². The van der Waals surface area contributed by atoms with Crippen molar-refractivity contribution in [2.75, 3.05) is 0 Å². The summed E-state index contributed by atoms with van der Waals surface area (Å²) in [6, 6.07) is 0. The average molecular weight is 268 g/mol. The standard InChI is InChI=1S/C12H14ClN3O2/c1-6-8-7(12(2,3)4)5-16(11(17)18)9(8)15-10(13)14-6/h5H,1-4H3,(H,17,18). The van der Waals surface area contributed by atoms with Crippen LogP contribution < -0.4 is 0 Å². The van der Waals surface area contributed by atoms with Gasteiger partial charge in [0.15, 0.2) is 5.65 Å². The van der Waals surface area contributed by atoms with E-state index in [2.05, 4.69) is 9.97 Å². The van der Waals surface area contributed by atoms with Gasteiger partial charge in [0.1, 0.15) is 0 Å². The number of carboxylic acid groups (broad SMARTS) is 1. The summed E-state index contributed by atoms with van der Waals surface area (Å²) in [6.07, 6.45) is 0.509. The molecule has 0 aromatic carbocycles. The zero-order chi connectivity index (χ0) is 13.7. The lowest BCUT2D eigenvalue weighted by molar-refractivity contribution is 0.197. The highest BCUT2D eigenvalue weighted by molar-refractivity contribution is 6.28. The second kappa shape index (κ2) is 3.95. The molecule has 5 nitrogen and oxygen atoms in total. The number of carbonyl (C=O) groups is 1. The summed E-state index contributed by atoms with van der Waals surface area (Å²) in [5, 5.41) is 10.0. The normalized spacial score (nSPS) is 12.1. The SMILES string of the molecule is Cc1nc(Cl)nc2c1c(C(C)(C)C)cn2C(=O)O. The first-order valence-corrected chi connectivity index (χ1v) is 5.88. The Morgan fingerprint density at radius 1 is 1.39 bits per heavy atom. The monoisotopic (exact) mass is 267 g/mol. The zero-order valence-electron chi connectivity index (χ0n) is 10.7. The molecule has 0 radical (unpaired) electrons. The van der Waals surface area contributed by atoms with Crippen molar-refractivity contribution in [3.8, 4) is 0 Å². The Morgan fingerprint density at radius 3 is 2.50 bits per heavy atom. The third-order valence-corrected chi connectivity index (χ3v) is 2.98. The Morgan fingerprint density at radius 2 is 2.00 bits per heavy atom. The van der Waals surface area contributed by atoms with Crippen molar-refractivity contribution in [2.24, 2.45) is 0 Å². The van der Waals surface area contributed by atoms with Gasteiger partial charge in [0.2, 0.25) is 5.28 Å². The van der Waals surface area contributed by atoms with Crippen LogP contribution in [0.1, 0.15) is 32.0 Å². The maximum Gasteiger partial charge on any atom is 0.417 e. The number of fused-ring (bicyclic) bond motifs is 1. The molecule has 0 spiro atoms. The maximum atomic E-state index is 11.2. The van der Waals surface area contributed by atoms with Crippen molar-refractivity contribution in [1.29, 1.82) is 0 Å². The van der Waals surface area contributed by atoms with Crippen LogP contribution in [0.15, 0.2) is 6.20 Å².